The lowest BCUT2D eigenvalue weighted by atomic mass is 9.80. The molecule has 1 saturated heterocycles. The fraction of sp³-hybridized carbons (Fsp3) is 0.409. The van der Waals surface area contributed by atoms with Crippen molar-refractivity contribution < 1.29 is 37.5 Å². The van der Waals surface area contributed by atoms with Gasteiger partial charge in [0.25, 0.3) is 14.1 Å². The molecule has 3 aromatic carbocycles. The zero-order valence-electron chi connectivity index (χ0n) is 34.8. The van der Waals surface area contributed by atoms with Crippen LogP contribution in [0.15, 0.2) is 101 Å². The van der Waals surface area contributed by atoms with Crippen LogP contribution in [0.5, 0.6) is 11.5 Å². The van der Waals surface area contributed by atoms with E-state index in [1.54, 1.807) is 14.2 Å². The number of hydrogen-bond acceptors (Lipinski definition) is 12. The number of nitrogens with one attached hydrogen (secondary N) is 1. The summed E-state index contributed by atoms with van der Waals surface area (Å²) in [5.74, 6) is 3.71. The van der Waals surface area contributed by atoms with Gasteiger partial charge in [-0.25, -0.2) is 14.3 Å². The van der Waals surface area contributed by atoms with Gasteiger partial charge in [0.15, 0.2) is 12.3 Å². The molecular formula is C44H52N5O10P. The van der Waals surface area contributed by atoms with E-state index < -0.39 is 56.0 Å². The first-order valence-electron chi connectivity index (χ1n) is 19.4. The van der Waals surface area contributed by atoms with Crippen LogP contribution in [0.3, 0.4) is 0 Å². The second kappa shape index (κ2) is 21.1. The van der Waals surface area contributed by atoms with Crippen molar-refractivity contribution in [3.05, 3.63) is 129 Å². The highest BCUT2D eigenvalue weighted by Gasteiger charge is 2.53. The summed E-state index contributed by atoms with van der Waals surface area (Å²) >= 11 is 0. The molecule has 1 N–H and O–H groups in total. The number of hydrogen-bond donors (Lipinski definition) is 1. The van der Waals surface area contributed by atoms with Gasteiger partial charge in [-0.15, -0.1) is 6.42 Å². The van der Waals surface area contributed by atoms with Gasteiger partial charge >= 0.3 is 11.8 Å². The normalized spacial score (nSPS) is 18.2. The third-order valence-corrected chi connectivity index (χ3v) is 11.9. The van der Waals surface area contributed by atoms with Crippen molar-refractivity contribution in [2.45, 2.75) is 76.3 Å². The molecule has 16 heteroatoms. The Kier molecular flexibility index (Phi) is 16.1. The van der Waals surface area contributed by atoms with Crippen LogP contribution in [0.4, 0.5) is 4.79 Å². The third kappa shape index (κ3) is 10.4. The van der Waals surface area contributed by atoms with E-state index in [1.165, 1.54) is 24.2 Å². The Hall–Kier alpha value is -5.51. The molecular weight excluding hydrogens is 789 g/mol. The fourth-order valence-corrected chi connectivity index (χ4v) is 8.80. The largest absolute Gasteiger partial charge is 0.497 e. The standard InChI is InChI=1S/C44H52N5O10P/c1-9-26-47(6)43(52)58-40-39(59-60(56-28-13-25-45)49(30(2)3)31(4)5)37(57-41(40)48-27-24-38(50)46-42(48)51)29-55-44(32-14-11-10-12-15-32,33-16-20-35(53-7)21-17-33)34-18-22-36(54-8)23-19-34/h1,10-12,14-24,27,30-31,37,39-41H,13,26,28-29H2,2-8H3,(H,46,50,51)/t37-,39-,40-,41-,60?/m1/s1. The van der Waals surface area contributed by atoms with Gasteiger partial charge in [-0.3, -0.25) is 14.3 Å². The van der Waals surface area contributed by atoms with Crippen LogP contribution in [0.25, 0.3) is 0 Å². The Morgan fingerprint density at radius 1 is 0.917 bits per heavy atom. The van der Waals surface area contributed by atoms with Crippen molar-refractivity contribution in [2.75, 3.05) is 41.0 Å². The molecule has 0 spiro atoms. The van der Waals surface area contributed by atoms with E-state index in [2.05, 4.69) is 17.0 Å². The number of ether oxygens (including phenoxy) is 5. The molecule has 0 saturated carbocycles. The smallest absolute Gasteiger partial charge is 0.410 e. The molecule has 0 bridgehead atoms. The number of aromatic amines is 1. The Balaban J connectivity index is 1.71. The quantitative estimate of drug-likeness (QED) is 0.0493. The lowest BCUT2D eigenvalue weighted by Gasteiger charge is -2.39. The number of nitrogens with zero attached hydrogens (tertiary/aromatic N) is 4. The average Bonchev–Trinajstić information content (AvgIpc) is 3.56. The van der Waals surface area contributed by atoms with E-state index in [0.717, 1.165) is 21.3 Å². The van der Waals surface area contributed by atoms with Gasteiger partial charge < -0.3 is 37.6 Å². The molecule has 0 aliphatic carbocycles. The number of nitriles is 1. The minimum atomic E-state index is -1.97. The van der Waals surface area contributed by atoms with Gasteiger partial charge in [-0.05, 0) is 68.7 Å². The van der Waals surface area contributed by atoms with Gasteiger partial charge in [0.2, 0.25) is 0 Å². The van der Waals surface area contributed by atoms with Gasteiger partial charge in [0.1, 0.15) is 29.3 Å². The number of carbonyl (C=O) groups excluding carboxylic acids is 1. The van der Waals surface area contributed by atoms with E-state index in [4.69, 9.17) is 39.2 Å². The van der Waals surface area contributed by atoms with Crippen LogP contribution in [-0.4, -0.2) is 96.6 Å². The molecule has 2 heterocycles. The van der Waals surface area contributed by atoms with Crippen LogP contribution in [0.2, 0.25) is 0 Å². The first kappa shape index (κ1) is 45.6. The van der Waals surface area contributed by atoms with Crippen LogP contribution in [0, 0.1) is 23.7 Å². The van der Waals surface area contributed by atoms with Gasteiger partial charge in [-0.1, -0.05) is 60.5 Å². The predicted octanol–water partition coefficient (Wildman–Crippen LogP) is 6.19. The second-order valence-electron chi connectivity index (χ2n) is 14.4. The summed E-state index contributed by atoms with van der Waals surface area (Å²) < 4.78 is 47.7. The van der Waals surface area contributed by atoms with E-state index in [-0.39, 0.29) is 38.3 Å². The number of aromatic nitrogens is 2. The van der Waals surface area contributed by atoms with Crippen molar-refractivity contribution in [1.29, 1.82) is 5.26 Å². The molecule has 1 aromatic heterocycles. The summed E-state index contributed by atoms with van der Waals surface area (Å²) in [6, 6.07) is 27.8. The Morgan fingerprint density at radius 3 is 2.02 bits per heavy atom. The molecule has 5 rings (SSSR count). The number of amides is 1. The Morgan fingerprint density at radius 2 is 1.50 bits per heavy atom. The molecule has 0 radical (unpaired) electrons. The van der Waals surface area contributed by atoms with Crippen molar-refractivity contribution in [3.63, 3.8) is 0 Å². The van der Waals surface area contributed by atoms with Gasteiger partial charge in [-0.2, -0.15) is 5.26 Å². The molecule has 15 nitrogen and oxygen atoms in total. The molecule has 60 heavy (non-hydrogen) atoms. The average molecular weight is 842 g/mol. The van der Waals surface area contributed by atoms with Crippen LogP contribution in [0.1, 0.15) is 57.0 Å². The summed E-state index contributed by atoms with van der Waals surface area (Å²) in [4.78, 5) is 42.9. The van der Waals surface area contributed by atoms with Crippen molar-refractivity contribution in [1.82, 2.24) is 19.1 Å². The number of carbonyl (C=O) groups is 1. The highest BCUT2D eigenvalue weighted by molar-refractivity contribution is 7.44. The molecule has 1 amide bonds. The SMILES string of the molecule is C#CCN(C)C(=O)O[C@@H]1[C@H](OP(OCCC#N)N(C(C)C)C(C)C)[C@@H](COC(c2ccccc2)(c2ccc(OC)cc2)c2ccc(OC)cc2)O[C@H]1n1ccc(=O)[nH]c1=O. The topological polar surface area (TPSA) is 167 Å². The predicted molar refractivity (Wildman–Crippen MR) is 225 cm³/mol. The van der Waals surface area contributed by atoms with E-state index in [0.29, 0.717) is 11.5 Å². The molecule has 1 aliphatic heterocycles. The zero-order chi connectivity index (χ0) is 43.4. The summed E-state index contributed by atoms with van der Waals surface area (Å²) in [6.07, 6.45) is 1.22. The molecule has 1 aliphatic rings. The Bertz CT molecular complexity index is 2150. The van der Waals surface area contributed by atoms with Crippen LogP contribution in [-0.2, 0) is 28.9 Å². The van der Waals surface area contributed by atoms with E-state index >= 15 is 0 Å². The summed E-state index contributed by atoms with van der Waals surface area (Å²) in [6.45, 7) is 7.74. The van der Waals surface area contributed by atoms with E-state index in [1.807, 2.05) is 111 Å². The lowest BCUT2D eigenvalue weighted by molar-refractivity contribution is -0.0951. The lowest BCUT2D eigenvalue weighted by Crippen LogP contribution is -2.45. The van der Waals surface area contributed by atoms with Gasteiger partial charge in [0.05, 0.1) is 46.5 Å². The highest BCUT2D eigenvalue weighted by atomic mass is 31.2. The van der Waals surface area contributed by atoms with Gasteiger partial charge in [0, 0.05) is 31.4 Å². The molecule has 1 unspecified atom stereocenters. The molecule has 318 valence electrons. The van der Waals surface area contributed by atoms with Crippen LogP contribution < -0.4 is 20.7 Å². The summed E-state index contributed by atoms with van der Waals surface area (Å²) in [5, 5.41) is 9.43. The summed E-state index contributed by atoms with van der Waals surface area (Å²) in [5.41, 5.74) is -0.466. The third-order valence-electron chi connectivity index (χ3n) is 9.80. The number of benzene rings is 3. The molecule has 5 atom stereocenters. The maximum atomic E-state index is 13.7. The second-order valence-corrected chi connectivity index (χ2v) is 15.8. The molecule has 1 fully saturated rings. The van der Waals surface area contributed by atoms with Crippen molar-refractivity contribution in [3.8, 4) is 29.9 Å². The molecule has 4 aromatic rings. The maximum absolute atomic E-state index is 13.7. The number of methoxy groups -OCH3 is 2. The van der Waals surface area contributed by atoms with Crippen molar-refractivity contribution in [2.24, 2.45) is 0 Å². The minimum Gasteiger partial charge on any atom is -0.497 e. The maximum Gasteiger partial charge on any atom is 0.410 e. The first-order valence-corrected chi connectivity index (χ1v) is 20.6. The monoisotopic (exact) mass is 841 g/mol. The minimum absolute atomic E-state index is 0.0527. The van der Waals surface area contributed by atoms with Crippen molar-refractivity contribution >= 4 is 14.6 Å². The summed E-state index contributed by atoms with van der Waals surface area (Å²) in [7, 11) is 2.69. The number of terminal acetylenes is 1. The first-order chi connectivity index (χ1) is 28.9. The zero-order valence-corrected chi connectivity index (χ0v) is 35.7. The van der Waals surface area contributed by atoms with Crippen LogP contribution >= 0.6 is 8.53 Å². The van der Waals surface area contributed by atoms with E-state index in [9.17, 15) is 19.6 Å². The Labute approximate surface area is 351 Å². The highest BCUT2D eigenvalue weighted by Crippen LogP contribution is 2.51. The number of rotatable bonds is 19. The fourth-order valence-electron chi connectivity index (χ4n) is 7.03. The number of H-pyrrole nitrogens is 1.